The maximum Gasteiger partial charge on any atom is 0.174 e. The van der Waals surface area contributed by atoms with Gasteiger partial charge in [-0.2, -0.15) is 0 Å². The van der Waals surface area contributed by atoms with E-state index in [0.29, 0.717) is 6.04 Å². The lowest BCUT2D eigenvalue weighted by atomic mass is 10.00. The number of rotatable bonds is 6. The Balaban J connectivity index is 2.11. The molecule has 1 N–H and O–H groups in total. The molecular formula is C15H21N3S2. The number of benzene rings is 1. The third-order valence-corrected chi connectivity index (χ3v) is 5.21. The van der Waals surface area contributed by atoms with Gasteiger partial charge in [-0.15, -0.1) is 10.2 Å². The molecule has 0 bridgehead atoms. The molecule has 0 saturated carbocycles. The van der Waals surface area contributed by atoms with Gasteiger partial charge in [0.1, 0.15) is 5.01 Å². The van der Waals surface area contributed by atoms with Gasteiger partial charge in [0, 0.05) is 11.8 Å². The minimum atomic E-state index is 0.356. The first kappa shape index (κ1) is 15.5. The van der Waals surface area contributed by atoms with E-state index in [4.69, 9.17) is 0 Å². The first-order valence-electron chi connectivity index (χ1n) is 6.83. The molecule has 0 aliphatic heterocycles. The van der Waals surface area contributed by atoms with Crippen molar-refractivity contribution in [2.75, 3.05) is 12.3 Å². The lowest BCUT2D eigenvalue weighted by Gasteiger charge is -2.20. The summed E-state index contributed by atoms with van der Waals surface area (Å²) in [4.78, 5) is 0. The predicted molar refractivity (Wildman–Crippen MR) is 87.7 cm³/mol. The maximum atomic E-state index is 4.19. The van der Waals surface area contributed by atoms with E-state index in [-0.39, 0.29) is 0 Å². The van der Waals surface area contributed by atoms with Gasteiger partial charge in [-0.3, -0.25) is 0 Å². The van der Waals surface area contributed by atoms with Crippen LogP contribution in [0, 0.1) is 20.8 Å². The summed E-state index contributed by atoms with van der Waals surface area (Å²) < 4.78 is 1.05. The Morgan fingerprint density at radius 3 is 2.70 bits per heavy atom. The summed E-state index contributed by atoms with van der Waals surface area (Å²) in [6, 6.07) is 7.01. The minimum absolute atomic E-state index is 0.356. The molecule has 0 saturated heterocycles. The number of nitrogens with zero attached hydrogens (tertiary/aromatic N) is 2. The van der Waals surface area contributed by atoms with E-state index in [1.54, 1.807) is 23.1 Å². The average Bonchev–Trinajstić information content (AvgIpc) is 2.83. The Hall–Kier alpha value is -0.910. The summed E-state index contributed by atoms with van der Waals surface area (Å²) in [6.07, 6.45) is 0. The van der Waals surface area contributed by atoms with Crippen LogP contribution in [0.1, 0.15) is 34.7 Å². The first-order valence-corrected chi connectivity index (χ1v) is 8.63. The highest BCUT2D eigenvalue weighted by Gasteiger charge is 2.14. The summed E-state index contributed by atoms with van der Waals surface area (Å²) in [5, 5.41) is 12.9. The Morgan fingerprint density at radius 2 is 2.05 bits per heavy atom. The van der Waals surface area contributed by atoms with E-state index in [1.165, 1.54) is 16.7 Å². The van der Waals surface area contributed by atoms with Crippen LogP contribution in [0.2, 0.25) is 0 Å². The van der Waals surface area contributed by atoms with Gasteiger partial charge < -0.3 is 5.32 Å². The Labute approximate surface area is 129 Å². The van der Waals surface area contributed by atoms with E-state index >= 15 is 0 Å². The van der Waals surface area contributed by atoms with Crippen molar-refractivity contribution in [2.45, 2.75) is 38.1 Å². The lowest BCUT2D eigenvalue weighted by molar-refractivity contribution is 0.602. The summed E-state index contributed by atoms with van der Waals surface area (Å²) >= 11 is 3.44. The highest BCUT2D eigenvalue weighted by molar-refractivity contribution is 8.01. The summed E-state index contributed by atoms with van der Waals surface area (Å²) in [6.45, 7) is 9.44. The van der Waals surface area contributed by atoms with E-state index in [0.717, 1.165) is 21.6 Å². The molecule has 5 heteroatoms. The molecule has 3 nitrogen and oxygen atoms in total. The van der Waals surface area contributed by atoms with Crippen LogP contribution in [0.5, 0.6) is 0 Å². The van der Waals surface area contributed by atoms with Crippen LogP contribution in [-0.2, 0) is 0 Å². The molecular weight excluding hydrogens is 286 g/mol. The van der Waals surface area contributed by atoms with Gasteiger partial charge in [0.2, 0.25) is 0 Å². The topological polar surface area (TPSA) is 37.8 Å². The van der Waals surface area contributed by atoms with Crippen LogP contribution in [0.3, 0.4) is 0 Å². The van der Waals surface area contributed by atoms with Gasteiger partial charge in [-0.05, 0) is 38.4 Å². The third-order valence-electron chi connectivity index (χ3n) is 3.14. The molecule has 1 atom stereocenters. The molecule has 2 aromatic rings. The molecule has 108 valence electrons. The van der Waals surface area contributed by atoms with Crippen LogP contribution in [0.4, 0.5) is 0 Å². The zero-order chi connectivity index (χ0) is 14.5. The maximum absolute atomic E-state index is 4.19. The van der Waals surface area contributed by atoms with Crippen LogP contribution < -0.4 is 5.32 Å². The van der Waals surface area contributed by atoms with Crippen LogP contribution in [-0.4, -0.2) is 22.5 Å². The largest absolute Gasteiger partial charge is 0.309 e. The van der Waals surface area contributed by atoms with Gasteiger partial charge in [-0.1, -0.05) is 53.8 Å². The van der Waals surface area contributed by atoms with Gasteiger partial charge in [0.15, 0.2) is 4.34 Å². The minimum Gasteiger partial charge on any atom is -0.309 e. The van der Waals surface area contributed by atoms with Gasteiger partial charge in [-0.25, -0.2) is 0 Å². The summed E-state index contributed by atoms with van der Waals surface area (Å²) in [5.41, 5.74) is 4.04. The van der Waals surface area contributed by atoms with Crippen molar-refractivity contribution >= 4 is 23.1 Å². The molecule has 0 amide bonds. The second-order valence-corrected chi connectivity index (χ2v) is 7.32. The number of nitrogens with one attached hydrogen (secondary N) is 1. The van der Waals surface area contributed by atoms with Crippen molar-refractivity contribution in [2.24, 2.45) is 0 Å². The normalized spacial score (nSPS) is 12.6. The van der Waals surface area contributed by atoms with Crippen molar-refractivity contribution < 1.29 is 0 Å². The van der Waals surface area contributed by atoms with Crippen molar-refractivity contribution in [1.29, 1.82) is 0 Å². The fraction of sp³-hybridized carbons (Fsp3) is 0.467. The number of aryl methyl sites for hydroxylation is 3. The monoisotopic (exact) mass is 307 g/mol. The number of thioether (sulfide) groups is 1. The molecule has 1 unspecified atom stereocenters. The van der Waals surface area contributed by atoms with Gasteiger partial charge in [0.05, 0.1) is 0 Å². The smallest absolute Gasteiger partial charge is 0.174 e. The number of hydrogen-bond donors (Lipinski definition) is 1. The average molecular weight is 307 g/mol. The molecule has 0 aliphatic carbocycles. The van der Waals surface area contributed by atoms with Crippen LogP contribution in [0.15, 0.2) is 22.5 Å². The number of aromatic nitrogens is 2. The zero-order valence-electron chi connectivity index (χ0n) is 12.4. The fourth-order valence-electron chi connectivity index (χ4n) is 2.13. The summed E-state index contributed by atoms with van der Waals surface area (Å²) in [7, 11) is 0. The molecule has 0 fully saturated rings. The zero-order valence-corrected chi connectivity index (χ0v) is 14.1. The van der Waals surface area contributed by atoms with Crippen molar-refractivity contribution in [1.82, 2.24) is 15.5 Å². The van der Waals surface area contributed by atoms with E-state index in [1.807, 2.05) is 6.92 Å². The lowest BCUT2D eigenvalue weighted by Crippen LogP contribution is -2.23. The first-order chi connectivity index (χ1) is 9.60. The van der Waals surface area contributed by atoms with Gasteiger partial charge in [0.25, 0.3) is 0 Å². The van der Waals surface area contributed by atoms with E-state index in [2.05, 4.69) is 54.5 Å². The molecule has 2 rings (SSSR count). The Kier molecular flexibility index (Phi) is 5.57. The molecule has 20 heavy (non-hydrogen) atoms. The molecule has 0 radical (unpaired) electrons. The highest BCUT2D eigenvalue weighted by atomic mass is 32.2. The van der Waals surface area contributed by atoms with Crippen molar-refractivity contribution in [3.63, 3.8) is 0 Å². The second-order valence-electron chi connectivity index (χ2n) is 4.87. The standard InChI is InChI=1S/C15H21N3S2/c1-5-16-14(9-19-15-18-17-12(4)20-15)13-8-10(2)6-7-11(13)3/h6-8,14,16H,5,9H2,1-4H3. The third kappa shape index (κ3) is 4.04. The second kappa shape index (κ2) is 7.20. The molecule has 0 aliphatic rings. The van der Waals surface area contributed by atoms with Crippen LogP contribution >= 0.6 is 23.1 Å². The Morgan fingerprint density at radius 1 is 1.25 bits per heavy atom. The SMILES string of the molecule is CCNC(CSc1nnc(C)s1)c1cc(C)ccc1C. The summed E-state index contributed by atoms with van der Waals surface area (Å²) in [5.74, 6) is 0.979. The van der Waals surface area contributed by atoms with Crippen LogP contribution in [0.25, 0.3) is 0 Å². The molecule has 0 spiro atoms. The molecule has 1 aromatic carbocycles. The van der Waals surface area contributed by atoms with Gasteiger partial charge >= 0.3 is 0 Å². The van der Waals surface area contributed by atoms with Crippen molar-refractivity contribution in [3.8, 4) is 0 Å². The fourth-order valence-corrected chi connectivity index (χ4v) is 4.05. The predicted octanol–water partition coefficient (Wildman–Crippen LogP) is 3.91. The van der Waals surface area contributed by atoms with E-state index in [9.17, 15) is 0 Å². The highest BCUT2D eigenvalue weighted by Crippen LogP contribution is 2.28. The van der Waals surface area contributed by atoms with E-state index < -0.39 is 0 Å². The molecule has 1 heterocycles. The Bertz CT molecular complexity index is 566. The quantitative estimate of drug-likeness (QED) is 0.821. The molecule has 1 aromatic heterocycles. The number of hydrogen-bond acceptors (Lipinski definition) is 5. The van der Waals surface area contributed by atoms with Crippen molar-refractivity contribution in [3.05, 3.63) is 39.9 Å².